The summed E-state index contributed by atoms with van der Waals surface area (Å²) in [4.78, 5) is 14.8. The van der Waals surface area contributed by atoms with Crippen LogP contribution in [0.3, 0.4) is 0 Å². The third-order valence-corrected chi connectivity index (χ3v) is 7.81. The molecule has 0 aromatic carbocycles. The maximum Gasteiger partial charge on any atom is 0.134 e. The summed E-state index contributed by atoms with van der Waals surface area (Å²) in [5, 5.41) is 8.90. The zero-order chi connectivity index (χ0) is 19.2. The van der Waals surface area contributed by atoms with Crippen molar-refractivity contribution >= 4 is 34.0 Å². The molecule has 0 unspecified atom stereocenters. The summed E-state index contributed by atoms with van der Waals surface area (Å²) in [5.74, 6) is 1.31. The predicted octanol–water partition coefficient (Wildman–Crippen LogP) is 6.64. The summed E-state index contributed by atoms with van der Waals surface area (Å²) in [5.41, 5.74) is 5.78. The molecule has 0 atom stereocenters. The lowest BCUT2D eigenvalue weighted by molar-refractivity contribution is -0.119. The number of piperidine rings is 1. The Kier molecular flexibility index (Phi) is 7.16. The molecule has 1 aliphatic carbocycles. The number of hydrogen-bond donors (Lipinski definition) is 0. The summed E-state index contributed by atoms with van der Waals surface area (Å²) in [6.45, 7) is 3.12. The van der Waals surface area contributed by atoms with Gasteiger partial charge in [0.05, 0.1) is 0 Å². The number of rotatable bonds is 8. The second-order valence-corrected chi connectivity index (χ2v) is 9.88. The minimum Gasteiger partial charge on any atom is -0.302 e. The van der Waals surface area contributed by atoms with E-state index in [0.717, 1.165) is 57.7 Å². The summed E-state index contributed by atoms with van der Waals surface area (Å²) < 4.78 is 0. The molecule has 2 nitrogen and oxygen atoms in total. The van der Waals surface area contributed by atoms with Gasteiger partial charge in [0.25, 0.3) is 0 Å². The highest BCUT2D eigenvalue weighted by molar-refractivity contribution is 7.08. The molecule has 4 rings (SSSR count). The average Bonchev–Trinajstić information content (AvgIpc) is 3.50. The summed E-state index contributed by atoms with van der Waals surface area (Å²) in [7, 11) is 0. The van der Waals surface area contributed by atoms with Crippen molar-refractivity contribution in [2.45, 2.75) is 57.8 Å². The third-order valence-electron chi connectivity index (χ3n) is 6.45. The zero-order valence-corrected chi connectivity index (χ0v) is 18.3. The fraction of sp³-hybridized carbons (Fsp3) is 0.542. The van der Waals surface area contributed by atoms with E-state index in [1.54, 1.807) is 28.2 Å². The van der Waals surface area contributed by atoms with Crippen LogP contribution in [-0.2, 0) is 4.79 Å². The van der Waals surface area contributed by atoms with Gasteiger partial charge in [-0.05, 0) is 75.5 Å². The molecular formula is C24H31NOS2. The van der Waals surface area contributed by atoms with Gasteiger partial charge in [-0.25, -0.2) is 0 Å². The highest BCUT2D eigenvalue weighted by atomic mass is 32.1. The van der Waals surface area contributed by atoms with Gasteiger partial charge in [-0.3, -0.25) is 4.79 Å². The highest BCUT2D eigenvalue weighted by Crippen LogP contribution is 2.34. The number of thiophene rings is 2. The Morgan fingerprint density at radius 3 is 2.18 bits per heavy atom. The van der Waals surface area contributed by atoms with Gasteiger partial charge in [0.2, 0.25) is 0 Å². The van der Waals surface area contributed by atoms with Gasteiger partial charge >= 0.3 is 0 Å². The van der Waals surface area contributed by atoms with Crippen LogP contribution in [0.2, 0.25) is 0 Å². The standard InChI is InChI=1S/C24H31NOS2/c26-23(6-5-19-3-1-2-4-19)9-14-25-12-7-20(8-13-25)24(21-10-15-27-17-21)22-11-16-28-18-22/h10-11,15-19H,1-9,12-14H2. The van der Waals surface area contributed by atoms with Crippen LogP contribution >= 0.6 is 22.7 Å². The van der Waals surface area contributed by atoms with Crippen LogP contribution in [-0.4, -0.2) is 30.3 Å². The SMILES string of the molecule is O=C(CCC1CCCC1)CCN1CCC(=C(c2ccsc2)c2ccsc2)CC1. The third kappa shape index (κ3) is 5.22. The Labute approximate surface area is 177 Å². The van der Waals surface area contributed by atoms with E-state index in [1.807, 2.05) is 0 Å². The van der Waals surface area contributed by atoms with E-state index in [4.69, 9.17) is 0 Å². The minimum atomic E-state index is 0.477. The Bertz CT molecular complexity index is 723. The van der Waals surface area contributed by atoms with Crippen molar-refractivity contribution in [3.05, 3.63) is 50.4 Å². The second kappa shape index (κ2) is 10.00. The fourth-order valence-electron chi connectivity index (χ4n) is 4.76. The van der Waals surface area contributed by atoms with Gasteiger partial charge in [-0.15, -0.1) is 0 Å². The first-order chi connectivity index (χ1) is 13.8. The molecule has 1 saturated carbocycles. The van der Waals surface area contributed by atoms with Crippen LogP contribution in [0.15, 0.2) is 39.2 Å². The maximum atomic E-state index is 12.3. The Hall–Kier alpha value is -1.23. The molecule has 3 heterocycles. The second-order valence-electron chi connectivity index (χ2n) is 8.32. The number of likely N-dealkylation sites (tertiary alicyclic amines) is 1. The normalized spacial score (nSPS) is 18.6. The first-order valence-corrected chi connectivity index (χ1v) is 12.7. The number of carbonyl (C=O) groups excluding carboxylic acids is 1. The topological polar surface area (TPSA) is 20.3 Å². The van der Waals surface area contributed by atoms with Crippen molar-refractivity contribution in [3.8, 4) is 0 Å². The van der Waals surface area contributed by atoms with Crippen LogP contribution in [0.1, 0.15) is 68.9 Å². The van der Waals surface area contributed by atoms with Crippen LogP contribution in [0.5, 0.6) is 0 Å². The van der Waals surface area contributed by atoms with E-state index in [1.165, 1.54) is 42.4 Å². The molecule has 2 fully saturated rings. The smallest absolute Gasteiger partial charge is 0.134 e. The molecule has 2 aromatic heterocycles. The quantitative estimate of drug-likeness (QED) is 0.483. The molecule has 1 saturated heterocycles. The number of nitrogens with zero attached hydrogens (tertiary/aromatic N) is 1. The monoisotopic (exact) mass is 413 g/mol. The van der Waals surface area contributed by atoms with E-state index in [9.17, 15) is 4.79 Å². The first kappa shape index (κ1) is 20.1. The van der Waals surface area contributed by atoms with Gasteiger partial charge in [-0.1, -0.05) is 31.3 Å². The molecular weight excluding hydrogens is 382 g/mol. The van der Waals surface area contributed by atoms with Gasteiger partial charge in [0.15, 0.2) is 0 Å². The van der Waals surface area contributed by atoms with E-state index >= 15 is 0 Å². The van der Waals surface area contributed by atoms with E-state index in [-0.39, 0.29) is 0 Å². The fourth-order valence-corrected chi connectivity index (χ4v) is 6.05. The molecule has 28 heavy (non-hydrogen) atoms. The lowest BCUT2D eigenvalue weighted by Gasteiger charge is -2.29. The molecule has 0 amide bonds. The average molecular weight is 414 g/mol. The van der Waals surface area contributed by atoms with Gasteiger partial charge in [0, 0.05) is 32.5 Å². The van der Waals surface area contributed by atoms with E-state index in [2.05, 4.69) is 38.6 Å². The van der Waals surface area contributed by atoms with Crippen LogP contribution in [0.25, 0.3) is 5.57 Å². The molecule has 4 heteroatoms. The van der Waals surface area contributed by atoms with Gasteiger partial charge < -0.3 is 4.90 Å². The molecule has 2 aromatic rings. The van der Waals surface area contributed by atoms with Gasteiger partial charge in [-0.2, -0.15) is 22.7 Å². The molecule has 0 spiro atoms. The lowest BCUT2D eigenvalue weighted by Crippen LogP contribution is -2.33. The number of Topliss-reactive ketones (excluding diaryl/α,β-unsaturated/α-hetero) is 1. The first-order valence-electron chi connectivity index (χ1n) is 10.8. The van der Waals surface area contributed by atoms with Crippen molar-refractivity contribution in [1.29, 1.82) is 0 Å². The Balaban J connectivity index is 1.28. The molecule has 1 aliphatic heterocycles. The maximum absolute atomic E-state index is 12.3. The Morgan fingerprint density at radius 2 is 1.61 bits per heavy atom. The highest BCUT2D eigenvalue weighted by Gasteiger charge is 2.20. The van der Waals surface area contributed by atoms with Crippen molar-refractivity contribution in [1.82, 2.24) is 4.90 Å². The summed E-state index contributed by atoms with van der Waals surface area (Å²) >= 11 is 3.55. The van der Waals surface area contributed by atoms with E-state index in [0.29, 0.717) is 5.78 Å². The minimum absolute atomic E-state index is 0.477. The van der Waals surface area contributed by atoms with Crippen molar-refractivity contribution < 1.29 is 4.79 Å². The van der Waals surface area contributed by atoms with Crippen molar-refractivity contribution in [2.75, 3.05) is 19.6 Å². The number of ketones is 1. The lowest BCUT2D eigenvalue weighted by atomic mass is 9.91. The number of carbonyl (C=O) groups is 1. The zero-order valence-electron chi connectivity index (χ0n) is 16.7. The molecule has 0 bridgehead atoms. The summed E-state index contributed by atoms with van der Waals surface area (Å²) in [6.07, 6.45) is 10.4. The Morgan fingerprint density at radius 1 is 0.964 bits per heavy atom. The van der Waals surface area contributed by atoms with Crippen LogP contribution < -0.4 is 0 Å². The van der Waals surface area contributed by atoms with Crippen LogP contribution in [0.4, 0.5) is 0 Å². The molecule has 2 aliphatic rings. The molecule has 150 valence electrons. The van der Waals surface area contributed by atoms with Gasteiger partial charge in [0.1, 0.15) is 5.78 Å². The molecule has 0 radical (unpaired) electrons. The van der Waals surface area contributed by atoms with Crippen molar-refractivity contribution in [3.63, 3.8) is 0 Å². The number of hydrogen-bond acceptors (Lipinski definition) is 4. The summed E-state index contributed by atoms with van der Waals surface area (Å²) in [6, 6.07) is 4.50. The van der Waals surface area contributed by atoms with E-state index < -0.39 is 0 Å². The molecule has 0 N–H and O–H groups in total. The van der Waals surface area contributed by atoms with Crippen molar-refractivity contribution in [2.24, 2.45) is 5.92 Å². The predicted molar refractivity (Wildman–Crippen MR) is 121 cm³/mol. The largest absolute Gasteiger partial charge is 0.302 e. The van der Waals surface area contributed by atoms with Crippen LogP contribution in [0, 0.1) is 5.92 Å².